The summed E-state index contributed by atoms with van der Waals surface area (Å²) in [6.45, 7) is 6.23. The van der Waals surface area contributed by atoms with Gasteiger partial charge in [-0.25, -0.2) is 0 Å². The predicted octanol–water partition coefficient (Wildman–Crippen LogP) is 2.81. The molecule has 16 heavy (non-hydrogen) atoms. The molecule has 1 aromatic carbocycles. The van der Waals surface area contributed by atoms with Gasteiger partial charge in [-0.05, 0) is 11.5 Å². The van der Waals surface area contributed by atoms with Crippen molar-refractivity contribution in [2.75, 3.05) is 7.11 Å². The SMILES string of the molecule is COC1(C)CC(C)(C)c2ccc(O)cc2O1. The molecule has 2 rings (SSSR count). The molecule has 88 valence electrons. The number of hydrogen-bond donors (Lipinski definition) is 1. The van der Waals surface area contributed by atoms with E-state index in [4.69, 9.17) is 9.47 Å². The lowest BCUT2D eigenvalue weighted by atomic mass is 9.76. The third-order valence-corrected chi connectivity index (χ3v) is 3.22. The van der Waals surface area contributed by atoms with Gasteiger partial charge in [0, 0.05) is 32.1 Å². The molecule has 0 aromatic heterocycles. The highest BCUT2D eigenvalue weighted by Gasteiger charge is 2.42. The molecule has 0 aliphatic carbocycles. The Balaban J connectivity index is 2.51. The molecule has 0 saturated carbocycles. The van der Waals surface area contributed by atoms with Crippen LogP contribution in [0.3, 0.4) is 0 Å². The zero-order valence-corrected chi connectivity index (χ0v) is 10.2. The van der Waals surface area contributed by atoms with Crippen LogP contribution < -0.4 is 4.74 Å². The Kier molecular flexibility index (Phi) is 2.39. The van der Waals surface area contributed by atoms with Crippen LogP contribution in [0, 0.1) is 0 Å². The Morgan fingerprint density at radius 3 is 2.62 bits per heavy atom. The van der Waals surface area contributed by atoms with Crippen LogP contribution in [-0.2, 0) is 10.2 Å². The van der Waals surface area contributed by atoms with Crippen LogP contribution in [0.25, 0.3) is 0 Å². The first kappa shape index (κ1) is 11.3. The summed E-state index contributed by atoms with van der Waals surface area (Å²) in [6, 6.07) is 5.26. The first-order valence-electron chi connectivity index (χ1n) is 5.44. The zero-order valence-electron chi connectivity index (χ0n) is 10.2. The molecule has 0 bridgehead atoms. The van der Waals surface area contributed by atoms with E-state index in [0.29, 0.717) is 5.75 Å². The van der Waals surface area contributed by atoms with Gasteiger partial charge in [0.2, 0.25) is 5.79 Å². The fraction of sp³-hybridized carbons (Fsp3) is 0.538. The number of fused-ring (bicyclic) bond motifs is 1. The molecule has 0 spiro atoms. The van der Waals surface area contributed by atoms with E-state index < -0.39 is 5.79 Å². The minimum Gasteiger partial charge on any atom is -0.508 e. The van der Waals surface area contributed by atoms with Crippen LogP contribution >= 0.6 is 0 Å². The molecule has 0 radical (unpaired) electrons. The molecule has 1 aromatic rings. The summed E-state index contributed by atoms with van der Waals surface area (Å²) in [7, 11) is 1.64. The van der Waals surface area contributed by atoms with Crippen molar-refractivity contribution in [2.45, 2.75) is 38.4 Å². The number of phenols is 1. The molecular weight excluding hydrogens is 204 g/mol. The highest BCUT2D eigenvalue weighted by Crippen LogP contribution is 2.45. The predicted molar refractivity (Wildman–Crippen MR) is 61.8 cm³/mol. The maximum atomic E-state index is 9.48. The van der Waals surface area contributed by atoms with E-state index in [0.717, 1.165) is 12.0 Å². The average molecular weight is 222 g/mol. The van der Waals surface area contributed by atoms with Crippen molar-refractivity contribution in [2.24, 2.45) is 0 Å². The fourth-order valence-electron chi connectivity index (χ4n) is 2.44. The molecule has 1 aliphatic heterocycles. The largest absolute Gasteiger partial charge is 0.508 e. The van der Waals surface area contributed by atoms with Crippen LogP contribution in [-0.4, -0.2) is 18.0 Å². The molecule has 0 saturated heterocycles. The molecule has 0 amide bonds. The molecule has 1 heterocycles. The average Bonchev–Trinajstić information content (AvgIpc) is 2.15. The summed E-state index contributed by atoms with van der Waals surface area (Å²) >= 11 is 0. The fourth-order valence-corrected chi connectivity index (χ4v) is 2.44. The molecule has 1 atom stereocenters. The Hall–Kier alpha value is -1.22. The van der Waals surface area contributed by atoms with Crippen molar-refractivity contribution in [3.8, 4) is 11.5 Å². The summed E-state index contributed by atoms with van der Waals surface area (Å²) in [5.74, 6) is 0.306. The highest BCUT2D eigenvalue weighted by atomic mass is 16.7. The van der Waals surface area contributed by atoms with Gasteiger partial charge < -0.3 is 14.6 Å². The first-order valence-corrected chi connectivity index (χ1v) is 5.44. The second-order valence-corrected chi connectivity index (χ2v) is 5.18. The molecular formula is C13H18O3. The molecule has 3 heteroatoms. The summed E-state index contributed by atoms with van der Waals surface area (Å²) in [4.78, 5) is 0. The van der Waals surface area contributed by atoms with Gasteiger partial charge in [0.1, 0.15) is 11.5 Å². The first-order chi connectivity index (χ1) is 7.36. The van der Waals surface area contributed by atoms with E-state index in [-0.39, 0.29) is 11.2 Å². The van der Waals surface area contributed by atoms with Crippen molar-refractivity contribution in [1.82, 2.24) is 0 Å². The Bertz CT molecular complexity index is 412. The smallest absolute Gasteiger partial charge is 0.208 e. The van der Waals surface area contributed by atoms with Gasteiger partial charge in [-0.1, -0.05) is 19.9 Å². The van der Waals surface area contributed by atoms with Crippen LogP contribution in [0.15, 0.2) is 18.2 Å². The van der Waals surface area contributed by atoms with E-state index in [1.54, 1.807) is 19.2 Å². The maximum absolute atomic E-state index is 9.48. The summed E-state index contributed by atoms with van der Waals surface area (Å²) in [6.07, 6.45) is 0.786. The van der Waals surface area contributed by atoms with E-state index in [2.05, 4.69) is 13.8 Å². The van der Waals surface area contributed by atoms with Gasteiger partial charge in [0.05, 0.1) is 0 Å². The monoisotopic (exact) mass is 222 g/mol. The third kappa shape index (κ3) is 1.76. The van der Waals surface area contributed by atoms with E-state index in [1.165, 1.54) is 0 Å². The lowest BCUT2D eigenvalue weighted by Gasteiger charge is -2.43. The minimum atomic E-state index is -0.621. The van der Waals surface area contributed by atoms with Crippen molar-refractivity contribution in [1.29, 1.82) is 0 Å². The summed E-state index contributed by atoms with van der Waals surface area (Å²) < 4.78 is 11.2. The van der Waals surface area contributed by atoms with Crippen LogP contribution in [0.1, 0.15) is 32.8 Å². The number of methoxy groups -OCH3 is 1. The zero-order chi connectivity index (χ0) is 12.0. The van der Waals surface area contributed by atoms with Crippen molar-refractivity contribution in [3.05, 3.63) is 23.8 Å². The summed E-state index contributed by atoms with van der Waals surface area (Å²) in [5, 5.41) is 9.48. The normalized spacial score (nSPS) is 27.0. The lowest BCUT2D eigenvalue weighted by Crippen LogP contribution is -2.45. The van der Waals surface area contributed by atoms with Crippen molar-refractivity contribution in [3.63, 3.8) is 0 Å². The minimum absolute atomic E-state index is 0.0218. The number of phenolic OH excluding ortho intramolecular Hbond substituents is 1. The van der Waals surface area contributed by atoms with Gasteiger partial charge in [-0.3, -0.25) is 0 Å². The molecule has 1 aliphatic rings. The molecule has 1 N–H and O–H groups in total. The highest BCUT2D eigenvalue weighted by molar-refractivity contribution is 5.45. The van der Waals surface area contributed by atoms with E-state index >= 15 is 0 Å². The maximum Gasteiger partial charge on any atom is 0.208 e. The van der Waals surface area contributed by atoms with Crippen LogP contribution in [0.2, 0.25) is 0 Å². The van der Waals surface area contributed by atoms with Crippen molar-refractivity contribution >= 4 is 0 Å². The lowest BCUT2D eigenvalue weighted by molar-refractivity contribution is -0.172. The molecule has 1 unspecified atom stereocenters. The van der Waals surface area contributed by atoms with Gasteiger partial charge in [0.15, 0.2) is 0 Å². The standard InChI is InChI=1S/C13H18O3/c1-12(2)8-13(3,15-4)16-11-7-9(14)5-6-10(11)12/h5-7,14H,8H2,1-4H3. The second-order valence-electron chi connectivity index (χ2n) is 5.18. The van der Waals surface area contributed by atoms with Crippen LogP contribution in [0.4, 0.5) is 0 Å². The van der Waals surface area contributed by atoms with Gasteiger partial charge >= 0.3 is 0 Å². The number of hydrogen-bond acceptors (Lipinski definition) is 3. The van der Waals surface area contributed by atoms with E-state index in [9.17, 15) is 5.11 Å². The van der Waals surface area contributed by atoms with Gasteiger partial charge in [-0.15, -0.1) is 0 Å². The van der Waals surface area contributed by atoms with E-state index in [1.807, 2.05) is 13.0 Å². The third-order valence-electron chi connectivity index (χ3n) is 3.22. The topological polar surface area (TPSA) is 38.7 Å². The van der Waals surface area contributed by atoms with Gasteiger partial charge in [0.25, 0.3) is 0 Å². The number of rotatable bonds is 1. The number of benzene rings is 1. The van der Waals surface area contributed by atoms with Crippen LogP contribution in [0.5, 0.6) is 11.5 Å². The Morgan fingerprint density at radius 2 is 2.00 bits per heavy atom. The van der Waals surface area contributed by atoms with Crippen molar-refractivity contribution < 1.29 is 14.6 Å². The van der Waals surface area contributed by atoms with Gasteiger partial charge in [-0.2, -0.15) is 0 Å². The Morgan fingerprint density at radius 1 is 1.31 bits per heavy atom. The molecule has 3 nitrogen and oxygen atoms in total. The Labute approximate surface area is 96.0 Å². The second kappa shape index (κ2) is 3.39. The quantitative estimate of drug-likeness (QED) is 0.794. The number of aromatic hydroxyl groups is 1. The number of ether oxygens (including phenoxy) is 2. The summed E-state index contributed by atoms with van der Waals surface area (Å²) in [5.41, 5.74) is 1.09. The molecule has 0 fully saturated rings.